The number of nitrogens with one attached hydrogen (secondary N) is 1. The number of rotatable bonds is 7. The molecular formula is C17H13Cl3N4O4S. The molecule has 0 radical (unpaired) electrons. The van der Waals surface area contributed by atoms with Gasteiger partial charge < -0.3 is 9.47 Å². The summed E-state index contributed by atoms with van der Waals surface area (Å²) in [6.45, 7) is 0.0403. The molecule has 3 aromatic rings. The second-order valence-corrected chi connectivity index (χ2v) is 8.32. The molecule has 0 amide bonds. The van der Waals surface area contributed by atoms with E-state index in [-0.39, 0.29) is 38.4 Å². The number of sulfonamides is 1. The molecule has 0 aliphatic rings. The normalized spacial score (nSPS) is 11.2. The molecule has 29 heavy (non-hydrogen) atoms. The largest absolute Gasteiger partial charge is 0.481 e. The fraction of sp³-hybridized carbons (Fsp3) is 0.118. The number of benzene rings is 1. The van der Waals surface area contributed by atoms with Gasteiger partial charge in [0.2, 0.25) is 11.7 Å². The first kappa shape index (κ1) is 21.4. The molecule has 0 aliphatic carbocycles. The summed E-state index contributed by atoms with van der Waals surface area (Å²) in [5, 5.41) is 0.00664. The van der Waals surface area contributed by atoms with Crippen molar-refractivity contribution in [2.45, 2.75) is 11.5 Å². The maximum absolute atomic E-state index is 12.7. The molecule has 0 atom stereocenters. The maximum Gasteiger partial charge on any atom is 0.264 e. The van der Waals surface area contributed by atoms with E-state index < -0.39 is 10.0 Å². The van der Waals surface area contributed by atoms with E-state index in [2.05, 4.69) is 19.7 Å². The summed E-state index contributed by atoms with van der Waals surface area (Å²) in [4.78, 5) is 11.8. The molecule has 1 aromatic carbocycles. The second kappa shape index (κ2) is 9.00. The number of pyridine rings is 1. The number of halogens is 3. The average Bonchev–Trinajstić information content (AvgIpc) is 2.70. The molecule has 0 saturated carbocycles. The third-order valence-corrected chi connectivity index (χ3v) is 6.02. The van der Waals surface area contributed by atoms with Crippen LogP contribution in [0, 0.1) is 0 Å². The maximum atomic E-state index is 12.7. The fourth-order valence-electron chi connectivity index (χ4n) is 2.17. The number of aromatic nitrogens is 3. The molecule has 0 unspecified atom stereocenters. The highest BCUT2D eigenvalue weighted by molar-refractivity contribution is 7.92. The first-order valence-corrected chi connectivity index (χ1v) is 10.5. The van der Waals surface area contributed by atoms with Gasteiger partial charge in [0.25, 0.3) is 15.9 Å². The van der Waals surface area contributed by atoms with E-state index in [4.69, 9.17) is 44.3 Å². The number of methoxy groups -OCH3 is 1. The van der Waals surface area contributed by atoms with Gasteiger partial charge in [-0.2, -0.15) is 4.98 Å². The van der Waals surface area contributed by atoms with Crippen molar-refractivity contribution >= 4 is 50.6 Å². The van der Waals surface area contributed by atoms with Gasteiger partial charge in [-0.15, -0.1) is 0 Å². The van der Waals surface area contributed by atoms with Gasteiger partial charge in [-0.25, -0.2) is 18.4 Å². The van der Waals surface area contributed by atoms with Gasteiger partial charge >= 0.3 is 0 Å². The fourth-order valence-corrected chi connectivity index (χ4v) is 4.06. The second-order valence-electron chi connectivity index (χ2n) is 5.50. The van der Waals surface area contributed by atoms with Crippen molar-refractivity contribution < 1.29 is 17.9 Å². The van der Waals surface area contributed by atoms with E-state index in [1.807, 2.05) is 0 Å². The van der Waals surface area contributed by atoms with Crippen LogP contribution in [-0.2, 0) is 16.6 Å². The summed E-state index contributed by atoms with van der Waals surface area (Å²) in [5.41, 5.74) is 0.694. The SMILES string of the molecule is COc1ccc(COc2nc(Cl)cnc2NS(=O)(=O)c2cccc(Cl)c2Cl)cn1. The van der Waals surface area contributed by atoms with Gasteiger partial charge in [0.15, 0.2) is 5.15 Å². The third-order valence-electron chi connectivity index (χ3n) is 3.53. The zero-order chi connectivity index (χ0) is 21.0. The molecule has 0 spiro atoms. The van der Waals surface area contributed by atoms with Gasteiger partial charge in [-0.1, -0.05) is 40.9 Å². The number of hydrogen-bond donors (Lipinski definition) is 1. The average molecular weight is 476 g/mol. The highest BCUT2D eigenvalue weighted by Gasteiger charge is 2.23. The summed E-state index contributed by atoms with van der Waals surface area (Å²) in [6, 6.07) is 7.64. The molecule has 0 bridgehead atoms. The van der Waals surface area contributed by atoms with Gasteiger partial charge in [-0.3, -0.25) is 4.72 Å². The molecule has 152 valence electrons. The Labute approximate surface area is 181 Å². The Bertz CT molecular complexity index is 1130. The molecule has 0 aliphatic heterocycles. The summed E-state index contributed by atoms with van der Waals surface area (Å²) >= 11 is 17.8. The molecule has 0 fully saturated rings. The summed E-state index contributed by atoms with van der Waals surface area (Å²) in [5.74, 6) is 0.171. The predicted octanol–water partition coefficient (Wildman–Crippen LogP) is 4.22. The monoisotopic (exact) mass is 474 g/mol. The highest BCUT2D eigenvalue weighted by Crippen LogP contribution is 2.31. The Hall–Kier alpha value is -2.33. The van der Waals surface area contributed by atoms with Gasteiger partial charge in [0.05, 0.1) is 23.4 Å². The Morgan fingerprint density at radius 1 is 1.07 bits per heavy atom. The highest BCUT2D eigenvalue weighted by atomic mass is 35.5. The summed E-state index contributed by atoms with van der Waals surface area (Å²) in [7, 11) is -2.61. The topological polar surface area (TPSA) is 103 Å². The Balaban J connectivity index is 1.85. The zero-order valence-corrected chi connectivity index (χ0v) is 17.8. The van der Waals surface area contributed by atoms with Crippen LogP contribution in [0.1, 0.15) is 5.56 Å². The van der Waals surface area contributed by atoms with Crippen molar-refractivity contribution in [3.8, 4) is 11.8 Å². The molecular weight excluding hydrogens is 463 g/mol. The summed E-state index contributed by atoms with van der Waals surface area (Å²) in [6.07, 6.45) is 2.73. The molecule has 1 N–H and O–H groups in total. The van der Waals surface area contributed by atoms with E-state index >= 15 is 0 Å². The van der Waals surface area contributed by atoms with Crippen molar-refractivity contribution in [3.05, 3.63) is 63.5 Å². The third kappa shape index (κ3) is 5.18. The first-order chi connectivity index (χ1) is 13.8. The van der Waals surface area contributed by atoms with Crippen molar-refractivity contribution in [1.82, 2.24) is 15.0 Å². The first-order valence-electron chi connectivity index (χ1n) is 7.91. The minimum Gasteiger partial charge on any atom is -0.481 e. The number of ether oxygens (including phenoxy) is 2. The van der Waals surface area contributed by atoms with Crippen molar-refractivity contribution in [2.24, 2.45) is 0 Å². The lowest BCUT2D eigenvalue weighted by Gasteiger charge is -2.13. The van der Waals surface area contributed by atoms with Crippen molar-refractivity contribution in [1.29, 1.82) is 0 Å². The van der Waals surface area contributed by atoms with E-state index in [0.29, 0.717) is 11.4 Å². The van der Waals surface area contributed by atoms with E-state index in [1.165, 1.54) is 31.5 Å². The van der Waals surface area contributed by atoms with Gasteiger partial charge in [0, 0.05) is 17.8 Å². The Kier molecular flexibility index (Phi) is 6.63. The lowest BCUT2D eigenvalue weighted by Crippen LogP contribution is -2.16. The van der Waals surface area contributed by atoms with Crippen LogP contribution in [0.15, 0.2) is 47.6 Å². The number of hydrogen-bond acceptors (Lipinski definition) is 7. The standard InChI is InChI=1S/C17H13Cl3N4O4S/c1-27-14-6-5-10(7-21-14)9-28-17-16(22-8-13(19)23-17)24-29(25,26)12-4-2-3-11(18)15(12)20/h2-8H,9H2,1H3,(H,22,24). The van der Waals surface area contributed by atoms with E-state index in [1.54, 1.807) is 18.3 Å². The molecule has 8 nitrogen and oxygen atoms in total. The molecule has 2 aromatic heterocycles. The van der Waals surface area contributed by atoms with Crippen molar-refractivity contribution in [3.63, 3.8) is 0 Å². The van der Waals surface area contributed by atoms with Crippen LogP contribution in [0.4, 0.5) is 5.82 Å². The smallest absolute Gasteiger partial charge is 0.264 e. The van der Waals surface area contributed by atoms with Crippen LogP contribution in [0.5, 0.6) is 11.8 Å². The predicted molar refractivity (Wildman–Crippen MR) is 109 cm³/mol. The van der Waals surface area contributed by atoms with E-state index in [0.717, 1.165) is 0 Å². The summed E-state index contributed by atoms with van der Waals surface area (Å²) < 4.78 is 38.3. The minimum absolute atomic E-state index is 0.0246. The molecule has 12 heteroatoms. The van der Waals surface area contributed by atoms with Crippen molar-refractivity contribution in [2.75, 3.05) is 11.8 Å². The molecule has 2 heterocycles. The van der Waals surface area contributed by atoms with Crippen LogP contribution in [0.25, 0.3) is 0 Å². The van der Waals surface area contributed by atoms with Gasteiger partial charge in [0.1, 0.15) is 11.5 Å². The minimum atomic E-state index is -4.11. The molecule has 3 rings (SSSR count). The lowest BCUT2D eigenvalue weighted by atomic mass is 10.3. The molecule has 0 saturated heterocycles. The number of anilines is 1. The van der Waals surface area contributed by atoms with E-state index in [9.17, 15) is 8.42 Å². The lowest BCUT2D eigenvalue weighted by molar-refractivity contribution is 0.293. The van der Waals surface area contributed by atoms with Crippen LogP contribution in [0.3, 0.4) is 0 Å². The van der Waals surface area contributed by atoms with Crippen LogP contribution < -0.4 is 14.2 Å². The Morgan fingerprint density at radius 2 is 1.86 bits per heavy atom. The number of nitrogens with zero attached hydrogens (tertiary/aromatic N) is 3. The van der Waals surface area contributed by atoms with Gasteiger partial charge in [-0.05, 0) is 18.2 Å². The Morgan fingerprint density at radius 3 is 2.55 bits per heavy atom. The van der Waals surface area contributed by atoms with Crippen LogP contribution >= 0.6 is 34.8 Å². The van der Waals surface area contributed by atoms with Crippen LogP contribution in [0.2, 0.25) is 15.2 Å². The zero-order valence-electron chi connectivity index (χ0n) is 14.8. The quantitative estimate of drug-likeness (QED) is 0.545. The van der Waals surface area contributed by atoms with Crippen LogP contribution in [-0.4, -0.2) is 30.5 Å².